The van der Waals surface area contributed by atoms with Crippen molar-refractivity contribution in [3.63, 3.8) is 0 Å². The van der Waals surface area contributed by atoms with Crippen LogP contribution in [-0.2, 0) is 11.8 Å². The zero-order valence-electron chi connectivity index (χ0n) is 20.2. The third kappa shape index (κ3) is 4.19. The summed E-state index contributed by atoms with van der Waals surface area (Å²) in [7, 11) is 0. The van der Waals surface area contributed by atoms with Gasteiger partial charge >= 0.3 is 0 Å². The molecule has 1 unspecified atom stereocenters. The Hall–Kier alpha value is -3.64. The molecule has 0 heteroatoms. The van der Waals surface area contributed by atoms with Gasteiger partial charge in [0, 0.05) is 11.3 Å². The van der Waals surface area contributed by atoms with Gasteiger partial charge in [0.1, 0.15) is 0 Å². The first-order chi connectivity index (χ1) is 17.3. The molecular weight excluding hydrogens is 420 g/mol. The summed E-state index contributed by atoms with van der Waals surface area (Å²) >= 11 is 0. The van der Waals surface area contributed by atoms with E-state index in [1.165, 1.54) is 39.0 Å². The highest BCUT2D eigenvalue weighted by Gasteiger charge is 2.38. The zero-order chi connectivity index (χ0) is 23.5. The van der Waals surface area contributed by atoms with Gasteiger partial charge in [-0.15, -0.1) is 0 Å². The van der Waals surface area contributed by atoms with Gasteiger partial charge in [-0.3, -0.25) is 0 Å². The summed E-state index contributed by atoms with van der Waals surface area (Å²) in [5.41, 5.74) is 10.0. The number of rotatable bonds is 6. The maximum Gasteiger partial charge on any atom is 0.0283 e. The van der Waals surface area contributed by atoms with E-state index in [2.05, 4.69) is 127 Å². The Morgan fingerprint density at radius 2 is 1.40 bits per heavy atom. The van der Waals surface area contributed by atoms with Crippen LogP contribution in [0.1, 0.15) is 47.9 Å². The molecule has 0 aromatic heterocycles. The number of benzene rings is 3. The maximum atomic E-state index is 2.46. The molecule has 3 aliphatic rings. The molecule has 0 N–H and O–H groups in total. The van der Waals surface area contributed by atoms with Gasteiger partial charge in [-0.1, -0.05) is 133 Å². The summed E-state index contributed by atoms with van der Waals surface area (Å²) in [5, 5.41) is 0. The Morgan fingerprint density at radius 3 is 2.11 bits per heavy atom. The average molecular weight is 453 g/mol. The van der Waals surface area contributed by atoms with Gasteiger partial charge < -0.3 is 0 Å². The van der Waals surface area contributed by atoms with Crippen molar-refractivity contribution in [1.82, 2.24) is 0 Å². The lowest BCUT2D eigenvalue weighted by Crippen LogP contribution is -2.30. The molecule has 3 aliphatic carbocycles. The summed E-state index contributed by atoms with van der Waals surface area (Å²) < 4.78 is 0. The number of allylic oxidation sites excluding steroid dienone is 10. The molecule has 6 rings (SSSR count). The fourth-order valence-corrected chi connectivity index (χ4v) is 6.27. The minimum atomic E-state index is -0.150. The van der Waals surface area contributed by atoms with Crippen molar-refractivity contribution in [2.24, 2.45) is 5.92 Å². The highest BCUT2D eigenvalue weighted by atomic mass is 14.4. The van der Waals surface area contributed by atoms with Crippen LogP contribution in [0.15, 0.2) is 139 Å². The molecule has 0 amide bonds. The van der Waals surface area contributed by atoms with E-state index in [0.717, 1.165) is 32.1 Å². The SMILES string of the molecule is C1=CC2=C(CC(CC3=CCCC=C3)(c3ccccc3)c3ccccc3)c3ccccc3CC2C=C1. The summed E-state index contributed by atoms with van der Waals surface area (Å²) in [5.74, 6) is 0.461. The van der Waals surface area contributed by atoms with Crippen LogP contribution in [0.5, 0.6) is 0 Å². The largest absolute Gasteiger partial charge is 0.0840 e. The van der Waals surface area contributed by atoms with Crippen molar-refractivity contribution in [2.45, 2.75) is 37.5 Å². The number of fused-ring (bicyclic) bond motifs is 2. The second-order valence-electron chi connectivity index (χ2n) is 10.1. The predicted octanol–water partition coefficient (Wildman–Crippen LogP) is 8.78. The molecule has 172 valence electrons. The first-order valence-corrected chi connectivity index (χ1v) is 13.0. The lowest BCUT2D eigenvalue weighted by atomic mass is 9.63. The third-order valence-electron chi connectivity index (χ3n) is 7.97. The topological polar surface area (TPSA) is 0 Å². The molecular formula is C35H32. The molecule has 0 nitrogen and oxygen atoms in total. The number of hydrogen-bond acceptors (Lipinski definition) is 0. The van der Waals surface area contributed by atoms with E-state index in [9.17, 15) is 0 Å². The van der Waals surface area contributed by atoms with E-state index in [-0.39, 0.29) is 5.41 Å². The van der Waals surface area contributed by atoms with Crippen LogP contribution in [0.2, 0.25) is 0 Å². The van der Waals surface area contributed by atoms with Gasteiger partial charge in [0.2, 0.25) is 0 Å². The number of hydrogen-bond donors (Lipinski definition) is 0. The molecule has 0 aliphatic heterocycles. The molecule has 3 aromatic rings. The summed E-state index contributed by atoms with van der Waals surface area (Å²) in [6, 6.07) is 31.6. The molecule has 0 spiro atoms. The zero-order valence-corrected chi connectivity index (χ0v) is 20.2. The maximum absolute atomic E-state index is 2.46. The Kier molecular flexibility index (Phi) is 5.96. The van der Waals surface area contributed by atoms with Crippen LogP contribution < -0.4 is 0 Å². The molecule has 35 heavy (non-hydrogen) atoms. The standard InChI is InChI=1S/C35H32/c1-4-14-27(15-5-1)25-35(30-18-6-2-7-19-30,31-20-8-3-9-21-31)26-34-32-22-12-10-16-28(32)24-29-17-11-13-23-33(29)34/h2-4,6-23,28H,1,5,24-26H2. The predicted molar refractivity (Wildman–Crippen MR) is 148 cm³/mol. The molecule has 0 saturated heterocycles. The van der Waals surface area contributed by atoms with Crippen molar-refractivity contribution in [3.05, 3.63) is 161 Å². The molecule has 0 radical (unpaired) electrons. The van der Waals surface area contributed by atoms with Gasteiger partial charge in [-0.25, -0.2) is 0 Å². The van der Waals surface area contributed by atoms with Gasteiger partial charge in [0.15, 0.2) is 0 Å². The van der Waals surface area contributed by atoms with Crippen LogP contribution in [0.25, 0.3) is 5.57 Å². The van der Waals surface area contributed by atoms with E-state index in [1.54, 1.807) is 0 Å². The van der Waals surface area contributed by atoms with Crippen molar-refractivity contribution < 1.29 is 0 Å². The van der Waals surface area contributed by atoms with E-state index < -0.39 is 0 Å². The smallest absolute Gasteiger partial charge is 0.0283 e. The molecule has 3 aromatic carbocycles. The Labute approximate surface area is 209 Å². The van der Waals surface area contributed by atoms with Crippen LogP contribution in [0.4, 0.5) is 0 Å². The Bertz CT molecular complexity index is 1310. The van der Waals surface area contributed by atoms with Crippen molar-refractivity contribution in [1.29, 1.82) is 0 Å². The lowest BCUT2D eigenvalue weighted by Gasteiger charge is -2.40. The van der Waals surface area contributed by atoms with Crippen LogP contribution >= 0.6 is 0 Å². The van der Waals surface area contributed by atoms with Gasteiger partial charge in [-0.2, -0.15) is 0 Å². The minimum absolute atomic E-state index is 0.150. The van der Waals surface area contributed by atoms with Crippen molar-refractivity contribution in [3.8, 4) is 0 Å². The van der Waals surface area contributed by atoms with E-state index in [0.29, 0.717) is 5.92 Å². The summed E-state index contributed by atoms with van der Waals surface area (Å²) in [4.78, 5) is 0. The molecule has 0 saturated carbocycles. The van der Waals surface area contributed by atoms with E-state index in [1.807, 2.05) is 0 Å². The van der Waals surface area contributed by atoms with E-state index >= 15 is 0 Å². The first kappa shape index (κ1) is 21.9. The average Bonchev–Trinajstić information content (AvgIpc) is 2.94. The fraction of sp³-hybridized carbons (Fsp3) is 0.200. The quantitative estimate of drug-likeness (QED) is 0.350. The third-order valence-corrected chi connectivity index (χ3v) is 7.97. The van der Waals surface area contributed by atoms with Crippen molar-refractivity contribution >= 4 is 5.57 Å². The lowest BCUT2D eigenvalue weighted by molar-refractivity contribution is 0.520. The molecule has 0 bridgehead atoms. The second kappa shape index (κ2) is 9.55. The van der Waals surface area contributed by atoms with Crippen LogP contribution in [0, 0.1) is 5.92 Å². The van der Waals surface area contributed by atoms with E-state index in [4.69, 9.17) is 0 Å². The first-order valence-electron chi connectivity index (χ1n) is 13.0. The van der Waals surface area contributed by atoms with Gasteiger partial charge in [-0.05, 0) is 65.5 Å². The monoisotopic (exact) mass is 452 g/mol. The Balaban J connectivity index is 1.58. The minimum Gasteiger partial charge on any atom is -0.0840 e. The highest BCUT2D eigenvalue weighted by molar-refractivity contribution is 5.78. The molecule has 0 heterocycles. The van der Waals surface area contributed by atoms with Crippen molar-refractivity contribution in [2.75, 3.05) is 0 Å². The second-order valence-corrected chi connectivity index (χ2v) is 10.1. The van der Waals surface area contributed by atoms with Gasteiger partial charge in [0.05, 0.1) is 0 Å². The highest BCUT2D eigenvalue weighted by Crippen LogP contribution is 2.49. The summed E-state index contributed by atoms with van der Waals surface area (Å²) in [6.45, 7) is 0. The van der Waals surface area contributed by atoms with Gasteiger partial charge in [0.25, 0.3) is 0 Å². The Morgan fingerprint density at radius 1 is 0.686 bits per heavy atom. The molecule has 1 atom stereocenters. The van der Waals surface area contributed by atoms with Crippen LogP contribution in [-0.4, -0.2) is 0 Å². The summed E-state index contributed by atoms with van der Waals surface area (Å²) in [6.07, 6.45) is 21.7. The van der Waals surface area contributed by atoms with Crippen LogP contribution in [0.3, 0.4) is 0 Å². The fourth-order valence-electron chi connectivity index (χ4n) is 6.27. The molecule has 0 fully saturated rings. The normalized spacial score (nSPS) is 18.7.